The number of halogens is 2. The molecule has 1 nitrogen and oxygen atoms in total. The summed E-state index contributed by atoms with van der Waals surface area (Å²) in [7, 11) is 0. The van der Waals surface area contributed by atoms with Gasteiger partial charge in [-0.2, -0.15) is 0 Å². The highest BCUT2D eigenvalue weighted by molar-refractivity contribution is 5.19. The summed E-state index contributed by atoms with van der Waals surface area (Å²) in [5.41, 5.74) is 0.573. The third-order valence-electron chi connectivity index (χ3n) is 2.47. The van der Waals surface area contributed by atoms with Crippen LogP contribution in [-0.4, -0.2) is 12.6 Å². The van der Waals surface area contributed by atoms with Crippen molar-refractivity contribution in [1.29, 1.82) is 0 Å². The van der Waals surface area contributed by atoms with E-state index in [9.17, 15) is 8.78 Å². The summed E-state index contributed by atoms with van der Waals surface area (Å²) in [6.07, 6.45) is 1.54. The smallest absolute Gasteiger partial charge is 0.129 e. The van der Waals surface area contributed by atoms with Crippen molar-refractivity contribution in [1.82, 2.24) is 5.32 Å². The van der Waals surface area contributed by atoms with E-state index in [-0.39, 0.29) is 6.04 Å². The van der Waals surface area contributed by atoms with Crippen molar-refractivity contribution >= 4 is 0 Å². The van der Waals surface area contributed by atoms with E-state index in [4.69, 9.17) is 0 Å². The third-order valence-corrected chi connectivity index (χ3v) is 2.47. The molecule has 0 heterocycles. The molecule has 0 saturated carbocycles. The predicted octanol–water partition coefficient (Wildman–Crippen LogP) is 2.90. The first-order chi connectivity index (χ1) is 7.17. The molecule has 1 N–H and O–H groups in total. The molecule has 0 aliphatic heterocycles. The molecule has 0 bridgehead atoms. The zero-order valence-electron chi connectivity index (χ0n) is 9.19. The Kier molecular flexibility index (Phi) is 4.69. The van der Waals surface area contributed by atoms with Crippen LogP contribution in [0.2, 0.25) is 0 Å². The molecule has 1 aromatic carbocycles. The van der Waals surface area contributed by atoms with Crippen molar-refractivity contribution in [2.75, 3.05) is 6.54 Å². The van der Waals surface area contributed by atoms with Crippen LogP contribution in [0.25, 0.3) is 0 Å². The van der Waals surface area contributed by atoms with Crippen LogP contribution < -0.4 is 5.32 Å². The van der Waals surface area contributed by atoms with Gasteiger partial charge in [0.1, 0.15) is 11.6 Å². The first kappa shape index (κ1) is 12.1. The minimum absolute atomic E-state index is 0.259. The molecule has 0 fully saturated rings. The van der Waals surface area contributed by atoms with Gasteiger partial charge in [-0.1, -0.05) is 19.9 Å². The summed E-state index contributed by atoms with van der Waals surface area (Å²) in [4.78, 5) is 0. The number of nitrogens with one attached hydrogen (secondary N) is 1. The fourth-order valence-corrected chi connectivity index (χ4v) is 1.60. The van der Waals surface area contributed by atoms with E-state index >= 15 is 0 Å². The summed E-state index contributed by atoms with van der Waals surface area (Å²) < 4.78 is 26.0. The number of likely N-dealkylation sites (N-methyl/N-ethyl adjacent to an activating group) is 1. The van der Waals surface area contributed by atoms with Gasteiger partial charge in [0.2, 0.25) is 0 Å². The van der Waals surface area contributed by atoms with Gasteiger partial charge in [-0.15, -0.1) is 0 Å². The van der Waals surface area contributed by atoms with Crippen LogP contribution in [0.4, 0.5) is 8.78 Å². The molecule has 1 unspecified atom stereocenters. The topological polar surface area (TPSA) is 12.0 Å². The van der Waals surface area contributed by atoms with Gasteiger partial charge in [-0.25, -0.2) is 8.78 Å². The van der Waals surface area contributed by atoms with E-state index in [1.807, 2.05) is 6.92 Å². The van der Waals surface area contributed by atoms with E-state index in [1.165, 1.54) is 12.1 Å². The highest BCUT2D eigenvalue weighted by Gasteiger charge is 2.09. The monoisotopic (exact) mass is 213 g/mol. The van der Waals surface area contributed by atoms with Gasteiger partial charge in [0.05, 0.1) is 0 Å². The van der Waals surface area contributed by atoms with Crippen LogP contribution in [0.5, 0.6) is 0 Å². The summed E-state index contributed by atoms with van der Waals surface area (Å²) in [6.45, 7) is 4.93. The molecule has 0 aliphatic rings. The van der Waals surface area contributed by atoms with Crippen LogP contribution >= 0.6 is 0 Å². The van der Waals surface area contributed by atoms with Crippen molar-refractivity contribution < 1.29 is 8.78 Å². The van der Waals surface area contributed by atoms with Gasteiger partial charge in [-0.3, -0.25) is 0 Å². The van der Waals surface area contributed by atoms with E-state index < -0.39 is 11.6 Å². The molecule has 1 aromatic rings. The van der Waals surface area contributed by atoms with Gasteiger partial charge in [0.15, 0.2) is 0 Å². The first-order valence-corrected chi connectivity index (χ1v) is 5.34. The summed E-state index contributed by atoms with van der Waals surface area (Å²) in [5, 5.41) is 3.26. The van der Waals surface area contributed by atoms with Gasteiger partial charge in [0.25, 0.3) is 0 Å². The maximum Gasteiger partial charge on any atom is 0.129 e. The predicted molar refractivity (Wildman–Crippen MR) is 57.8 cm³/mol. The van der Waals surface area contributed by atoms with Crippen molar-refractivity contribution in [3.05, 3.63) is 35.4 Å². The molecular weight excluding hydrogens is 196 g/mol. The molecule has 0 amide bonds. The Morgan fingerprint density at radius 3 is 2.53 bits per heavy atom. The maximum absolute atomic E-state index is 13.3. The van der Waals surface area contributed by atoms with Crippen LogP contribution in [0.15, 0.2) is 18.2 Å². The normalized spacial score (nSPS) is 12.8. The lowest BCUT2D eigenvalue weighted by atomic mass is 10.0. The minimum atomic E-state index is -0.521. The van der Waals surface area contributed by atoms with Crippen molar-refractivity contribution in [2.45, 2.75) is 32.7 Å². The van der Waals surface area contributed by atoms with Gasteiger partial charge in [0, 0.05) is 12.1 Å². The molecule has 1 rings (SSSR count). The zero-order valence-corrected chi connectivity index (χ0v) is 9.19. The van der Waals surface area contributed by atoms with Crippen molar-refractivity contribution in [2.24, 2.45) is 0 Å². The Hall–Kier alpha value is -0.960. The highest BCUT2D eigenvalue weighted by Crippen LogP contribution is 2.12. The fraction of sp³-hybridized carbons (Fsp3) is 0.500. The lowest BCUT2D eigenvalue weighted by molar-refractivity contribution is 0.493. The van der Waals surface area contributed by atoms with Crippen molar-refractivity contribution in [3.8, 4) is 0 Å². The Morgan fingerprint density at radius 2 is 2.00 bits per heavy atom. The molecule has 3 heteroatoms. The van der Waals surface area contributed by atoms with Crippen molar-refractivity contribution in [3.63, 3.8) is 0 Å². The number of benzene rings is 1. The first-order valence-electron chi connectivity index (χ1n) is 5.34. The standard InChI is InChI=1S/C12H17F2N/c1-3-11(15-4-2)7-9-5-6-10(13)8-12(9)14/h5-6,8,11,15H,3-4,7H2,1-2H3. The quantitative estimate of drug-likeness (QED) is 0.793. The lowest BCUT2D eigenvalue weighted by Gasteiger charge is -2.16. The summed E-state index contributed by atoms with van der Waals surface area (Å²) >= 11 is 0. The fourth-order valence-electron chi connectivity index (χ4n) is 1.60. The zero-order chi connectivity index (χ0) is 11.3. The largest absolute Gasteiger partial charge is 0.314 e. The van der Waals surface area contributed by atoms with E-state index in [1.54, 1.807) is 0 Å². The molecule has 0 aliphatic carbocycles. The molecule has 0 radical (unpaired) electrons. The second-order valence-corrected chi connectivity index (χ2v) is 3.60. The van der Waals surface area contributed by atoms with Gasteiger partial charge >= 0.3 is 0 Å². The van der Waals surface area contributed by atoms with Gasteiger partial charge in [-0.05, 0) is 31.0 Å². The second kappa shape index (κ2) is 5.81. The average Bonchev–Trinajstić information content (AvgIpc) is 2.21. The SMILES string of the molecule is CCNC(CC)Cc1ccc(F)cc1F. The Bertz CT molecular complexity index is 312. The number of hydrogen-bond donors (Lipinski definition) is 1. The van der Waals surface area contributed by atoms with E-state index in [0.717, 1.165) is 19.0 Å². The second-order valence-electron chi connectivity index (χ2n) is 3.60. The molecule has 0 spiro atoms. The molecular formula is C12H17F2N. The molecule has 0 saturated heterocycles. The molecule has 84 valence electrons. The Labute approximate surface area is 89.5 Å². The third kappa shape index (κ3) is 3.59. The Balaban J connectivity index is 2.70. The average molecular weight is 213 g/mol. The Morgan fingerprint density at radius 1 is 1.27 bits per heavy atom. The van der Waals surface area contributed by atoms with Crippen LogP contribution in [0, 0.1) is 11.6 Å². The maximum atomic E-state index is 13.3. The van der Waals surface area contributed by atoms with Crippen LogP contribution in [0.1, 0.15) is 25.8 Å². The summed E-state index contributed by atoms with van der Waals surface area (Å²) in [5.74, 6) is -0.973. The van der Waals surface area contributed by atoms with Gasteiger partial charge < -0.3 is 5.32 Å². The van der Waals surface area contributed by atoms with Crippen LogP contribution in [-0.2, 0) is 6.42 Å². The minimum Gasteiger partial charge on any atom is -0.314 e. The number of rotatable bonds is 5. The van der Waals surface area contributed by atoms with E-state index in [0.29, 0.717) is 12.0 Å². The van der Waals surface area contributed by atoms with Crippen LogP contribution in [0.3, 0.4) is 0 Å². The summed E-state index contributed by atoms with van der Waals surface area (Å²) in [6, 6.07) is 4.02. The molecule has 15 heavy (non-hydrogen) atoms. The molecule has 1 atom stereocenters. The van der Waals surface area contributed by atoms with E-state index in [2.05, 4.69) is 12.2 Å². The molecule has 0 aromatic heterocycles. The highest BCUT2D eigenvalue weighted by atomic mass is 19.1. The lowest BCUT2D eigenvalue weighted by Crippen LogP contribution is -2.30. The number of hydrogen-bond acceptors (Lipinski definition) is 1.